The summed E-state index contributed by atoms with van der Waals surface area (Å²) in [6.07, 6.45) is 0. The van der Waals surface area contributed by atoms with Gasteiger partial charge in [-0.2, -0.15) is 5.26 Å². The van der Waals surface area contributed by atoms with Crippen molar-refractivity contribution in [3.63, 3.8) is 0 Å². The standard InChI is InChI=1S/C11H11N3O2/c1-16-5-4-14-10-3-2-8(7-12)6-9(10)13-11(14)15/h2-3,6H,4-5H2,1H3,(H,13,15). The number of benzene rings is 1. The molecule has 0 aliphatic heterocycles. The summed E-state index contributed by atoms with van der Waals surface area (Å²) in [6, 6.07) is 7.16. The van der Waals surface area contributed by atoms with E-state index in [1.807, 2.05) is 6.07 Å². The number of H-pyrrole nitrogens is 1. The van der Waals surface area contributed by atoms with Gasteiger partial charge in [-0.15, -0.1) is 0 Å². The molecule has 0 saturated heterocycles. The Balaban J connectivity index is 2.54. The Labute approximate surface area is 91.9 Å². The van der Waals surface area contributed by atoms with E-state index in [2.05, 4.69) is 4.98 Å². The first kappa shape index (κ1) is 10.5. The number of imidazole rings is 1. The number of nitrogens with one attached hydrogen (secondary N) is 1. The van der Waals surface area contributed by atoms with Crippen molar-refractivity contribution < 1.29 is 4.74 Å². The van der Waals surface area contributed by atoms with Crippen LogP contribution in [0, 0.1) is 11.3 Å². The molecule has 0 fully saturated rings. The minimum absolute atomic E-state index is 0.179. The van der Waals surface area contributed by atoms with Crippen LogP contribution < -0.4 is 5.69 Å². The summed E-state index contributed by atoms with van der Waals surface area (Å²) in [6.45, 7) is 0.980. The molecule has 1 aromatic heterocycles. The fourth-order valence-electron chi connectivity index (χ4n) is 1.64. The highest BCUT2D eigenvalue weighted by Gasteiger charge is 2.06. The first-order valence-electron chi connectivity index (χ1n) is 4.88. The van der Waals surface area contributed by atoms with Crippen LogP contribution in [0.15, 0.2) is 23.0 Å². The molecule has 0 bridgehead atoms. The van der Waals surface area contributed by atoms with Crippen LogP contribution in [0.2, 0.25) is 0 Å². The summed E-state index contributed by atoms with van der Waals surface area (Å²) < 4.78 is 6.54. The molecule has 0 aliphatic carbocycles. The number of aromatic nitrogens is 2. The second kappa shape index (κ2) is 4.21. The average molecular weight is 217 g/mol. The van der Waals surface area contributed by atoms with Crippen molar-refractivity contribution in [3.05, 3.63) is 34.2 Å². The summed E-state index contributed by atoms with van der Waals surface area (Å²) >= 11 is 0. The number of hydrogen-bond donors (Lipinski definition) is 1. The Bertz CT molecular complexity index is 604. The maximum absolute atomic E-state index is 11.6. The zero-order valence-corrected chi connectivity index (χ0v) is 8.86. The van der Waals surface area contributed by atoms with Gasteiger partial charge in [0.1, 0.15) is 0 Å². The Morgan fingerprint density at radius 3 is 3.06 bits per heavy atom. The molecule has 0 atom stereocenters. The summed E-state index contributed by atoms with van der Waals surface area (Å²) in [5, 5.41) is 8.75. The van der Waals surface area contributed by atoms with Gasteiger partial charge in [-0.3, -0.25) is 4.57 Å². The smallest absolute Gasteiger partial charge is 0.326 e. The van der Waals surface area contributed by atoms with Crippen molar-refractivity contribution in [3.8, 4) is 6.07 Å². The highest BCUT2D eigenvalue weighted by molar-refractivity contribution is 5.76. The van der Waals surface area contributed by atoms with E-state index in [4.69, 9.17) is 10.00 Å². The van der Waals surface area contributed by atoms with Crippen molar-refractivity contribution in [2.75, 3.05) is 13.7 Å². The maximum Gasteiger partial charge on any atom is 0.326 e. The van der Waals surface area contributed by atoms with Crippen molar-refractivity contribution in [1.82, 2.24) is 9.55 Å². The topological polar surface area (TPSA) is 70.8 Å². The molecule has 0 amide bonds. The molecule has 0 spiro atoms. The number of ether oxygens (including phenoxy) is 1. The average Bonchev–Trinajstić information content (AvgIpc) is 2.61. The molecule has 1 heterocycles. The predicted molar refractivity (Wildman–Crippen MR) is 59.1 cm³/mol. The van der Waals surface area contributed by atoms with E-state index >= 15 is 0 Å². The number of nitriles is 1. The Hall–Kier alpha value is -2.06. The van der Waals surface area contributed by atoms with E-state index in [9.17, 15) is 4.79 Å². The summed E-state index contributed by atoms with van der Waals surface area (Å²) in [5.74, 6) is 0. The molecule has 0 aliphatic rings. The summed E-state index contributed by atoms with van der Waals surface area (Å²) in [4.78, 5) is 14.3. The van der Waals surface area contributed by atoms with Crippen LogP contribution in [0.1, 0.15) is 5.56 Å². The molecule has 16 heavy (non-hydrogen) atoms. The largest absolute Gasteiger partial charge is 0.383 e. The molecule has 82 valence electrons. The van der Waals surface area contributed by atoms with E-state index in [-0.39, 0.29) is 5.69 Å². The van der Waals surface area contributed by atoms with Crippen molar-refractivity contribution >= 4 is 11.0 Å². The highest BCUT2D eigenvalue weighted by atomic mass is 16.5. The molecule has 1 aromatic carbocycles. The third-order valence-electron chi connectivity index (χ3n) is 2.42. The first-order chi connectivity index (χ1) is 7.76. The highest BCUT2D eigenvalue weighted by Crippen LogP contribution is 2.11. The van der Waals surface area contributed by atoms with E-state index in [1.165, 1.54) is 0 Å². The lowest BCUT2D eigenvalue weighted by atomic mass is 10.2. The van der Waals surface area contributed by atoms with Gasteiger partial charge in [0.25, 0.3) is 0 Å². The first-order valence-corrected chi connectivity index (χ1v) is 4.88. The lowest BCUT2D eigenvalue weighted by molar-refractivity contribution is 0.187. The quantitative estimate of drug-likeness (QED) is 0.828. The molecule has 2 rings (SSSR count). The normalized spacial score (nSPS) is 10.5. The number of fused-ring (bicyclic) bond motifs is 1. The Morgan fingerprint density at radius 1 is 1.56 bits per heavy atom. The van der Waals surface area contributed by atoms with E-state index in [0.717, 1.165) is 5.52 Å². The van der Waals surface area contributed by atoms with E-state index < -0.39 is 0 Å². The summed E-state index contributed by atoms with van der Waals surface area (Å²) in [7, 11) is 1.59. The van der Waals surface area contributed by atoms with Crippen LogP contribution in [-0.4, -0.2) is 23.3 Å². The van der Waals surface area contributed by atoms with Crippen LogP contribution in [-0.2, 0) is 11.3 Å². The Kier molecular flexibility index (Phi) is 2.75. The predicted octanol–water partition coefficient (Wildman–Crippen LogP) is 0.848. The molecule has 1 N–H and O–H groups in total. The van der Waals surface area contributed by atoms with Gasteiger partial charge in [-0.25, -0.2) is 4.79 Å². The lowest BCUT2D eigenvalue weighted by Crippen LogP contribution is -2.18. The van der Waals surface area contributed by atoms with E-state index in [0.29, 0.717) is 24.2 Å². The van der Waals surface area contributed by atoms with Crippen molar-refractivity contribution in [2.45, 2.75) is 6.54 Å². The summed E-state index contributed by atoms with van der Waals surface area (Å²) in [5.41, 5.74) is 1.83. The second-order valence-corrected chi connectivity index (χ2v) is 3.42. The van der Waals surface area contributed by atoms with Crippen molar-refractivity contribution in [2.24, 2.45) is 0 Å². The monoisotopic (exact) mass is 217 g/mol. The van der Waals surface area contributed by atoms with Crippen molar-refractivity contribution in [1.29, 1.82) is 5.26 Å². The zero-order valence-electron chi connectivity index (χ0n) is 8.86. The van der Waals surface area contributed by atoms with Gasteiger partial charge in [-0.1, -0.05) is 0 Å². The SMILES string of the molecule is COCCn1c(=O)[nH]c2cc(C#N)ccc21. The second-order valence-electron chi connectivity index (χ2n) is 3.42. The molecule has 2 aromatic rings. The molecule has 5 nitrogen and oxygen atoms in total. The molecule has 5 heteroatoms. The minimum atomic E-state index is -0.179. The lowest BCUT2D eigenvalue weighted by Gasteiger charge is -2.01. The number of nitrogens with zero attached hydrogens (tertiary/aromatic N) is 2. The molecule has 0 radical (unpaired) electrons. The van der Waals surface area contributed by atoms with Crippen LogP contribution >= 0.6 is 0 Å². The van der Waals surface area contributed by atoms with Crippen LogP contribution in [0.4, 0.5) is 0 Å². The Morgan fingerprint density at radius 2 is 2.38 bits per heavy atom. The fraction of sp³-hybridized carbons (Fsp3) is 0.273. The number of methoxy groups -OCH3 is 1. The zero-order chi connectivity index (χ0) is 11.5. The van der Waals surface area contributed by atoms with Gasteiger partial charge in [0.05, 0.1) is 35.8 Å². The van der Waals surface area contributed by atoms with Crippen LogP contribution in [0.5, 0.6) is 0 Å². The third-order valence-corrected chi connectivity index (χ3v) is 2.42. The molecular formula is C11H11N3O2. The van der Waals surface area contributed by atoms with Crippen LogP contribution in [0.3, 0.4) is 0 Å². The number of hydrogen-bond acceptors (Lipinski definition) is 3. The minimum Gasteiger partial charge on any atom is -0.383 e. The number of rotatable bonds is 3. The van der Waals surface area contributed by atoms with Gasteiger partial charge in [-0.05, 0) is 18.2 Å². The number of aromatic amines is 1. The van der Waals surface area contributed by atoms with Gasteiger partial charge in [0.15, 0.2) is 0 Å². The maximum atomic E-state index is 11.6. The van der Waals surface area contributed by atoms with Gasteiger partial charge in [0, 0.05) is 7.11 Å². The van der Waals surface area contributed by atoms with Crippen LogP contribution in [0.25, 0.3) is 11.0 Å². The van der Waals surface area contributed by atoms with E-state index in [1.54, 1.807) is 29.9 Å². The molecule has 0 unspecified atom stereocenters. The van der Waals surface area contributed by atoms with Gasteiger partial charge in [0.2, 0.25) is 0 Å². The molecule has 0 saturated carbocycles. The fourth-order valence-corrected chi connectivity index (χ4v) is 1.64. The third kappa shape index (κ3) is 1.71. The van der Waals surface area contributed by atoms with Gasteiger partial charge >= 0.3 is 5.69 Å². The molecular weight excluding hydrogens is 206 g/mol. The van der Waals surface area contributed by atoms with Gasteiger partial charge < -0.3 is 9.72 Å².